The molecule has 0 saturated heterocycles. The molecule has 90 valence electrons. The van der Waals surface area contributed by atoms with Crippen LogP contribution in [-0.2, 0) is 0 Å². The first kappa shape index (κ1) is 11.7. The number of rotatable bonds is 2. The van der Waals surface area contributed by atoms with Crippen LogP contribution in [0.3, 0.4) is 0 Å². The summed E-state index contributed by atoms with van der Waals surface area (Å²) in [5, 5.41) is 4.36. The normalized spacial score (nSPS) is 10.8. The van der Waals surface area contributed by atoms with Gasteiger partial charge in [-0.05, 0) is 34.7 Å². The Kier molecular flexibility index (Phi) is 3.04. The maximum Gasteiger partial charge on any atom is 0.256 e. The van der Waals surface area contributed by atoms with Crippen LogP contribution in [0.25, 0.3) is 5.78 Å². The fourth-order valence-electron chi connectivity index (χ4n) is 1.47. The van der Waals surface area contributed by atoms with Crippen LogP contribution in [0.5, 0.6) is 11.6 Å². The summed E-state index contributed by atoms with van der Waals surface area (Å²) >= 11 is 8.11. The maximum absolute atomic E-state index is 5.91. The minimum Gasteiger partial charge on any atom is -0.438 e. The van der Waals surface area contributed by atoms with Crippen molar-refractivity contribution in [2.45, 2.75) is 0 Å². The molecule has 0 aliphatic rings. The van der Waals surface area contributed by atoms with Crippen LogP contribution in [0.4, 0.5) is 0 Å². The molecule has 0 spiro atoms. The molecule has 2 heterocycles. The first-order valence-corrected chi connectivity index (χ1v) is 6.48. The molecule has 0 N–H and O–H groups in total. The molecule has 7 heteroatoms. The highest BCUT2D eigenvalue weighted by molar-refractivity contribution is 14.1. The third-order valence-electron chi connectivity index (χ3n) is 2.24. The van der Waals surface area contributed by atoms with Crippen LogP contribution < -0.4 is 4.74 Å². The number of nitrogens with zero attached hydrogens (tertiary/aromatic N) is 4. The number of hydrogen-bond acceptors (Lipinski definition) is 4. The second-order valence-corrected chi connectivity index (χ2v) is 4.97. The SMILES string of the molecule is Clc1cc(Oc2ccccc2I)n2ncnc2n1. The molecule has 18 heavy (non-hydrogen) atoms. The van der Waals surface area contributed by atoms with E-state index < -0.39 is 0 Å². The number of halogens is 2. The second kappa shape index (κ2) is 4.69. The summed E-state index contributed by atoms with van der Waals surface area (Å²) in [5.41, 5.74) is 0. The Bertz CT molecular complexity index is 715. The lowest BCUT2D eigenvalue weighted by molar-refractivity contribution is 0.443. The zero-order chi connectivity index (χ0) is 12.5. The monoisotopic (exact) mass is 372 g/mol. The van der Waals surface area contributed by atoms with E-state index in [-0.39, 0.29) is 0 Å². The molecular weight excluding hydrogens is 367 g/mol. The molecular formula is C11H6ClIN4O. The van der Waals surface area contributed by atoms with Gasteiger partial charge in [-0.15, -0.1) is 0 Å². The molecule has 0 radical (unpaired) electrons. The van der Waals surface area contributed by atoms with E-state index in [1.54, 1.807) is 6.07 Å². The van der Waals surface area contributed by atoms with Gasteiger partial charge in [-0.1, -0.05) is 23.7 Å². The topological polar surface area (TPSA) is 52.3 Å². The van der Waals surface area contributed by atoms with E-state index in [0.29, 0.717) is 16.8 Å². The van der Waals surface area contributed by atoms with Crippen molar-refractivity contribution in [3.8, 4) is 11.6 Å². The summed E-state index contributed by atoms with van der Waals surface area (Å²) in [4.78, 5) is 8.01. The zero-order valence-electron chi connectivity index (χ0n) is 8.92. The largest absolute Gasteiger partial charge is 0.438 e. The minimum atomic E-state index is 0.316. The Morgan fingerprint density at radius 2 is 2.11 bits per heavy atom. The first-order valence-electron chi connectivity index (χ1n) is 5.03. The van der Waals surface area contributed by atoms with Crippen molar-refractivity contribution >= 4 is 40.0 Å². The average Bonchev–Trinajstić information content (AvgIpc) is 2.80. The van der Waals surface area contributed by atoms with Crippen LogP contribution in [0.2, 0.25) is 5.15 Å². The van der Waals surface area contributed by atoms with Gasteiger partial charge in [-0.2, -0.15) is 19.6 Å². The Morgan fingerprint density at radius 1 is 1.28 bits per heavy atom. The van der Waals surface area contributed by atoms with Gasteiger partial charge in [-0.25, -0.2) is 0 Å². The minimum absolute atomic E-state index is 0.316. The van der Waals surface area contributed by atoms with E-state index in [4.69, 9.17) is 16.3 Å². The molecule has 0 aliphatic heterocycles. The summed E-state index contributed by atoms with van der Waals surface area (Å²) in [5.74, 6) is 1.62. The molecule has 3 rings (SSSR count). The standard InChI is InChI=1S/C11H6ClIN4O/c12-9-5-10(17-11(16-9)14-6-15-17)18-8-4-2-1-3-7(8)13/h1-6H. The van der Waals surface area contributed by atoms with E-state index in [9.17, 15) is 0 Å². The summed E-state index contributed by atoms with van der Waals surface area (Å²) in [6, 6.07) is 9.28. The predicted molar refractivity (Wildman–Crippen MR) is 75.0 cm³/mol. The third-order valence-corrected chi connectivity index (χ3v) is 3.32. The van der Waals surface area contributed by atoms with E-state index >= 15 is 0 Å². The number of benzene rings is 1. The first-order chi connectivity index (χ1) is 8.74. The fraction of sp³-hybridized carbons (Fsp3) is 0. The van der Waals surface area contributed by atoms with Gasteiger partial charge in [-0.3, -0.25) is 0 Å². The van der Waals surface area contributed by atoms with E-state index in [1.165, 1.54) is 10.8 Å². The highest BCUT2D eigenvalue weighted by atomic mass is 127. The van der Waals surface area contributed by atoms with Crippen molar-refractivity contribution in [1.82, 2.24) is 19.6 Å². The van der Waals surface area contributed by atoms with Crippen LogP contribution in [0, 0.1) is 3.57 Å². The van der Waals surface area contributed by atoms with E-state index in [1.807, 2.05) is 24.3 Å². The second-order valence-electron chi connectivity index (χ2n) is 3.42. The van der Waals surface area contributed by atoms with Gasteiger partial charge >= 0.3 is 0 Å². The smallest absolute Gasteiger partial charge is 0.256 e. The number of para-hydroxylation sites is 1. The van der Waals surface area contributed by atoms with Gasteiger partial charge in [0.25, 0.3) is 5.78 Å². The predicted octanol–water partition coefficient (Wildman–Crippen LogP) is 3.17. The summed E-state index contributed by atoms with van der Waals surface area (Å²) in [6.07, 6.45) is 1.40. The maximum atomic E-state index is 5.91. The Balaban J connectivity index is 2.10. The lowest BCUT2D eigenvalue weighted by atomic mass is 10.3. The Morgan fingerprint density at radius 3 is 2.94 bits per heavy atom. The molecule has 0 saturated carbocycles. The lowest BCUT2D eigenvalue weighted by Crippen LogP contribution is -1.98. The molecule has 3 aromatic rings. The molecule has 0 amide bonds. The molecule has 5 nitrogen and oxygen atoms in total. The molecule has 0 atom stereocenters. The summed E-state index contributed by atoms with van der Waals surface area (Å²) in [7, 11) is 0. The van der Waals surface area contributed by atoms with Crippen LogP contribution >= 0.6 is 34.2 Å². The van der Waals surface area contributed by atoms with Gasteiger partial charge in [0, 0.05) is 6.07 Å². The van der Waals surface area contributed by atoms with E-state index in [2.05, 4.69) is 37.7 Å². The Hall–Kier alpha value is -1.41. The number of aromatic nitrogens is 4. The van der Waals surface area contributed by atoms with Crippen LogP contribution in [0.15, 0.2) is 36.7 Å². The molecule has 1 aromatic carbocycles. The molecule has 0 fully saturated rings. The van der Waals surface area contributed by atoms with Crippen molar-refractivity contribution in [2.75, 3.05) is 0 Å². The van der Waals surface area contributed by atoms with Gasteiger partial charge in [0.05, 0.1) is 3.57 Å². The van der Waals surface area contributed by atoms with Gasteiger partial charge < -0.3 is 4.74 Å². The summed E-state index contributed by atoms with van der Waals surface area (Å²) in [6.45, 7) is 0. The van der Waals surface area contributed by atoms with Crippen LogP contribution in [0.1, 0.15) is 0 Å². The number of ether oxygens (including phenoxy) is 1. The molecule has 0 bridgehead atoms. The molecule has 0 unspecified atom stereocenters. The Labute approximate surface area is 121 Å². The van der Waals surface area contributed by atoms with Crippen molar-refractivity contribution in [2.24, 2.45) is 0 Å². The van der Waals surface area contributed by atoms with Crippen molar-refractivity contribution in [3.05, 3.63) is 45.4 Å². The molecule has 2 aromatic heterocycles. The molecule has 0 aliphatic carbocycles. The summed E-state index contributed by atoms with van der Waals surface area (Å²) < 4.78 is 8.28. The number of hydrogen-bond donors (Lipinski definition) is 0. The lowest BCUT2D eigenvalue weighted by Gasteiger charge is -2.08. The average molecular weight is 373 g/mol. The van der Waals surface area contributed by atoms with E-state index in [0.717, 1.165) is 9.32 Å². The zero-order valence-corrected chi connectivity index (χ0v) is 11.8. The van der Waals surface area contributed by atoms with Crippen LogP contribution in [-0.4, -0.2) is 19.6 Å². The van der Waals surface area contributed by atoms with Crippen molar-refractivity contribution in [1.29, 1.82) is 0 Å². The quantitative estimate of drug-likeness (QED) is 0.512. The fourth-order valence-corrected chi connectivity index (χ4v) is 2.14. The number of fused-ring (bicyclic) bond motifs is 1. The van der Waals surface area contributed by atoms with Gasteiger partial charge in [0.1, 0.15) is 17.2 Å². The highest BCUT2D eigenvalue weighted by Gasteiger charge is 2.09. The van der Waals surface area contributed by atoms with Crippen molar-refractivity contribution in [3.63, 3.8) is 0 Å². The highest BCUT2D eigenvalue weighted by Crippen LogP contribution is 2.27. The van der Waals surface area contributed by atoms with Gasteiger partial charge in [0.2, 0.25) is 5.88 Å². The van der Waals surface area contributed by atoms with Gasteiger partial charge in [0.15, 0.2) is 0 Å². The van der Waals surface area contributed by atoms with Crippen molar-refractivity contribution < 1.29 is 4.74 Å². The third kappa shape index (κ3) is 2.13.